The van der Waals surface area contributed by atoms with Crippen molar-refractivity contribution in [3.8, 4) is 0 Å². The van der Waals surface area contributed by atoms with Crippen LogP contribution in [0.25, 0.3) is 0 Å². The molecule has 0 saturated carbocycles. The Morgan fingerprint density at radius 3 is 2.79 bits per heavy atom. The van der Waals surface area contributed by atoms with Gasteiger partial charge in [-0.1, -0.05) is 6.58 Å². The highest BCUT2D eigenvalue weighted by Gasteiger charge is 2.33. The van der Waals surface area contributed by atoms with E-state index in [9.17, 15) is 9.59 Å². The third kappa shape index (κ3) is 2.13. The summed E-state index contributed by atoms with van der Waals surface area (Å²) in [6.07, 6.45) is 1.88. The van der Waals surface area contributed by atoms with Crippen molar-refractivity contribution >= 4 is 11.8 Å². The zero-order valence-electron chi connectivity index (χ0n) is 8.62. The molecule has 0 bridgehead atoms. The van der Waals surface area contributed by atoms with E-state index >= 15 is 0 Å². The summed E-state index contributed by atoms with van der Waals surface area (Å²) in [6, 6.07) is -0.156. The first-order chi connectivity index (χ1) is 6.56. The van der Waals surface area contributed by atoms with E-state index in [1.54, 1.807) is 4.90 Å². The molecule has 1 unspecified atom stereocenters. The lowest BCUT2D eigenvalue weighted by atomic mass is 10.2. The summed E-state index contributed by atoms with van der Waals surface area (Å²) >= 11 is 0. The summed E-state index contributed by atoms with van der Waals surface area (Å²) in [5, 5.41) is 2.61. The topological polar surface area (TPSA) is 49.4 Å². The van der Waals surface area contributed by atoms with E-state index in [0.29, 0.717) is 6.42 Å². The van der Waals surface area contributed by atoms with Gasteiger partial charge in [0, 0.05) is 12.6 Å². The van der Waals surface area contributed by atoms with Crippen molar-refractivity contribution in [2.75, 3.05) is 6.54 Å². The zero-order chi connectivity index (χ0) is 10.7. The molecule has 1 aliphatic rings. The van der Waals surface area contributed by atoms with Crippen molar-refractivity contribution in [2.45, 2.75) is 32.4 Å². The van der Waals surface area contributed by atoms with Crippen LogP contribution in [0, 0.1) is 0 Å². The SMILES string of the molecule is C=CC(=O)NC1CCN(C(C)C)C1=O. The van der Waals surface area contributed by atoms with Crippen LogP contribution in [0.15, 0.2) is 12.7 Å². The summed E-state index contributed by atoms with van der Waals surface area (Å²) in [4.78, 5) is 24.4. The van der Waals surface area contributed by atoms with Crippen molar-refractivity contribution in [1.82, 2.24) is 10.2 Å². The van der Waals surface area contributed by atoms with Crippen molar-refractivity contribution in [3.63, 3.8) is 0 Å². The lowest BCUT2D eigenvalue weighted by molar-refractivity contribution is -0.132. The monoisotopic (exact) mass is 196 g/mol. The Labute approximate surface area is 84.0 Å². The average Bonchev–Trinajstić information content (AvgIpc) is 2.48. The molecule has 1 saturated heterocycles. The molecule has 4 heteroatoms. The molecule has 0 radical (unpaired) electrons. The maximum absolute atomic E-state index is 11.7. The number of carbonyl (C=O) groups excluding carboxylic acids is 2. The van der Waals surface area contributed by atoms with E-state index in [1.165, 1.54) is 6.08 Å². The molecule has 0 spiro atoms. The van der Waals surface area contributed by atoms with Gasteiger partial charge in [-0.2, -0.15) is 0 Å². The molecule has 0 aromatic carbocycles. The standard InChI is InChI=1S/C10H16N2O2/c1-4-9(13)11-8-5-6-12(7(2)3)10(8)14/h4,7-8H,1,5-6H2,2-3H3,(H,11,13). The van der Waals surface area contributed by atoms with Gasteiger partial charge in [0.25, 0.3) is 0 Å². The minimum absolute atomic E-state index is 0.00944. The van der Waals surface area contributed by atoms with Gasteiger partial charge in [-0.3, -0.25) is 9.59 Å². The lowest BCUT2D eigenvalue weighted by Gasteiger charge is -2.20. The lowest BCUT2D eigenvalue weighted by Crippen LogP contribution is -2.42. The maximum atomic E-state index is 11.7. The Kier molecular flexibility index (Phi) is 3.28. The highest BCUT2D eigenvalue weighted by molar-refractivity contribution is 5.93. The van der Waals surface area contributed by atoms with E-state index in [1.807, 2.05) is 13.8 Å². The van der Waals surface area contributed by atoms with Gasteiger partial charge in [0.15, 0.2) is 0 Å². The predicted molar refractivity (Wildman–Crippen MR) is 53.6 cm³/mol. The van der Waals surface area contributed by atoms with Crippen molar-refractivity contribution < 1.29 is 9.59 Å². The number of likely N-dealkylation sites (tertiary alicyclic amines) is 1. The molecular weight excluding hydrogens is 180 g/mol. The molecule has 0 aromatic rings. The highest BCUT2D eigenvalue weighted by Crippen LogP contribution is 2.13. The van der Waals surface area contributed by atoms with Crippen LogP contribution in [0.2, 0.25) is 0 Å². The van der Waals surface area contributed by atoms with Crippen molar-refractivity contribution in [1.29, 1.82) is 0 Å². The Bertz CT molecular complexity index is 261. The van der Waals surface area contributed by atoms with Gasteiger partial charge in [-0.15, -0.1) is 0 Å². The zero-order valence-corrected chi connectivity index (χ0v) is 8.62. The molecule has 1 atom stereocenters. The first-order valence-corrected chi connectivity index (χ1v) is 4.79. The summed E-state index contributed by atoms with van der Waals surface area (Å²) in [6.45, 7) is 8.00. The van der Waals surface area contributed by atoms with Gasteiger partial charge >= 0.3 is 0 Å². The van der Waals surface area contributed by atoms with Crippen LogP contribution < -0.4 is 5.32 Å². The third-order valence-electron chi connectivity index (χ3n) is 2.37. The smallest absolute Gasteiger partial charge is 0.245 e. The van der Waals surface area contributed by atoms with Gasteiger partial charge in [0.05, 0.1) is 0 Å². The fourth-order valence-electron chi connectivity index (χ4n) is 1.58. The molecule has 1 fully saturated rings. The maximum Gasteiger partial charge on any atom is 0.245 e. The molecule has 4 nitrogen and oxygen atoms in total. The first kappa shape index (κ1) is 10.8. The molecule has 78 valence electrons. The largest absolute Gasteiger partial charge is 0.341 e. The number of nitrogens with one attached hydrogen (secondary N) is 1. The van der Waals surface area contributed by atoms with Crippen LogP contribution in [0.5, 0.6) is 0 Å². The van der Waals surface area contributed by atoms with Crippen LogP contribution >= 0.6 is 0 Å². The van der Waals surface area contributed by atoms with E-state index in [2.05, 4.69) is 11.9 Å². The number of nitrogens with zero attached hydrogens (tertiary/aromatic N) is 1. The third-order valence-corrected chi connectivity index (χ3v) is 2.37. The van der Waals surface area contributed by atoms with Crippen LogP contribution in [0.4, 0.5) is 0 Å². The number of carbonyl (C=O) groups is 2. The van der Waals surface area contributed by atoms with Crippen LogP contribution in [-0.2, 0) is 9.59 Å². The number of hydrogen-bond acceptors (Lipinski definition) is 2. The highest BCUT2D eigenvalue weighted by atomic mass is 16.2. The second kappa shape index (κ2) is 4.26. The van der Waals surface area contributed by atoms with Crippen molar-refractivity contribution in [2.24, 2.45) is 0 Å². The van der Waals surface area contributed by atoms with Gasteiger partial charge < -0.3 is 10.2 Å². The molecule has 1 rings (SSSR count). The van der Waals surface area contributed by atoms with Crippen LogP contribution in [-0.4, -0.2) is 35.3 Å². The van der Waals surface area contributed by atoms with Gasteiger partial charge in [0.1, 0.15) is 6.04 Å². The second-order valence-electron chi connectivity index (χ2n) is 3.68. The van der Waals surface area contributed by atoms with E-state index in [4.69, 9.17) is 0 Å². The molecule has 1 aliphatic heterocycles. The Balaban J connectivity index is 2.55. The first-order valence-electron chi connectivity index (χ1n) is 4.79. The van der Waals surface area contributed by atoms with E-state index in [-0.39, 0.29) is 23.9 Å². The summed E-state index contributed by atoms with van der Waals surface area (Å²) < 4.78 is 0. The molecule has 0 aromatic heterocycles. The minimum atomic E-state index is -0.358. The Morgan fingerprint density at radius 2 is 2.36 bits per heavy atom. The van der Waals surface area contributed by atoms with E-state index in [0.717, 1.165) is 6.54 Å². The molecule has 14 heavy (non-hydrogen) atoms. The van der Waals surface area contributed by atoms with Gasteiger partial charge in [-0.25, -0.2) is 0 Å². The fourth-order valence-corrected chi connectivity index (χ4v) is 1.58. The average molecular weight is 196 g/mol. The molecule has 2 amide bonds. The Morgan fingerprint density at radius 1 is 1.71 bits per heavy atom. The predicted octanol–water partition coefficient (Wildman–Crippen LogP) is 0.298. The van der Waals surface area contributed by atoms with E-state index < -0.39 is 0 Å². The van der Waals surface area contributed by atoms with Crippen LogP contribution in [0.1, 0.15) is 20.3 Å². The fraction of sp³-hybridized carbons (Fsp3) is 0.600. The normalized spacial score (nSPS) is 21.5. The summed E-state index contributed by atoms with van der Waals surface area (Å²) in [7, 11) is 0. The molecular formula is C10H16N2O2. The number of rotatable bonds is 3. The summed E-state index contributed by atoms with van der Waals surface area (Å²) in [5.41, 5.74) is 0. The quantitative estimate of drug-likeness (QED) is 0.660. The van der Waals surface area contributed by atoms with Crippen molar-refractivity contribution in [3.05, 3.63) is 12.7 Å². The molecule has 1 heterocycles. The molecule has 1 N–H and O–H groups in total. The minimum Gasteiger partial charge on any atom is -0.341 e. The number of amides is 2. The number of hydrogen-bond donors (Lipinski definition) is 1. The Hall–Kier alpha value is -1.32. The van der Waals surface area contributed by atoms with Gasteiger partial charge in [0.2, 0.25) is 11.8 Å². The van der Waals surface area contributed by atoms with Crippen LogP contribution in [0.3, 0.4) is 0 Å². The molecule has 0 aliphatic carbocycles. The summed E-state index contributed by atoms with van der Waals surface area (Å²) in [5.74, 6) is -0.274. The van der Waals surface area contributed by atoms with Gasteiger partial charge in [-0.05, 0) is 26.3 Å². The second-order valence-corrected chi connectivity index (χ2v) is 3.68.